The van der Waals surface area contributed by atoms with Gasteiger partial charge in [0.1, 0.15) is 30.7 Å². The number of aliphatic hydroxyl groups is 1. The number of nitrogens with zero attached hydrogens (tertiary/aromatic N) is 3. The lowest BCUT2D eigenvalue weighted by Crippen LogP contribution is -2.29. The standard InChI is InChI=1S/C24H31N5O7S2/c1-13-17(33-3)8-18(35-21(31)10-30)15-11-38-12-16(23-28-19(29-36-23)9-26-14(2)25)27-20(37)6-4-5-7-34-24(32)22(13)15/h8,16,30H,4-7,9-12H2,1-3H3,(H2,25,26)(H,27,37)/t16-/m0/s1. The molecule has 12 nitrogen and oxygen atoms in total. The number of aromatic nitrogens is 2. The first-order valence-corrected chi connectivity index (χ1v) is 13.4. The first-order chi connectivity index (χ1) is 18.2. The molecular weight excluding hydrogens is 534 g/mol. The lowest BCUT2D eigenvalue weighted by Gasteiger charge is -2.21. The maximum atomic E-state index is 13.2. The minimum atomic E-state index is -0.866. The summed E-state index contributed by atoms with van der Waals surface area (Å²) in [5.41, 5.74) is 6.85. The first kappa shape index (κ1) is 29.3. The number of benzene rings is 1. The maximum absolute atomic E-state index is 13.2. The molecular formula is C24H31N5O7S2. The van der Waals surface area contributed by atoms with Gasteiger partial charge < -0.3 is 34.9 Å². The first-order valence-electron chi connectivity index (χ1n) is 11.9. The third-order valence-corrected chi connectivity index (χ3v) is 6.92. The van der Waals surface area contributed by atoms with E-state index in [4.69, 9.17) is 36.7 Å². The minimum absolute atomic E-state index is 0.105. The normalized spacial score (nSPS) is 17.6. The molecule has 14 heteroatoms. The van der Waals surface area contributed by atoms with Crippen molar-refractivity contribution in [2.45, 2.75) is 51.4 Å². The van der Waals surface area contributed by atoms with Crippen molar-refractivity contribution in [2.24, 2.45) is 10.7 Å². The number of hydrogen-bond donors (Lipinski definition) is 3. The van der Waals surface area contributed by atoms with Gasteiger partial charge in [-0.3, -0.25) is 4.99 Å². The summed E-state index contributed by atoms with van der Waals surface area (Å²) in [6.07, 6.45) is 1.89. The van der Waals surface area contributed by atoms with Crippen LogP contribution in [0, 0.1) is 6.92 Å². The van der Waals surface area contributed by atoms with Gasteiger partial charge in [-0.2, -0.15) is 16.7 Å². The molecule has 1 aromatic heterocycles. The van der Waals surface area contributed by atoms with Gasteiger partial charge in [-0.15, -0.1) is 0 Å². The lowest BCUT2D eigenvalue weighted by atomic mass is 10.0. The second-order valence-corrected chi connectivity index (χ2v) is 9.95. The van der Waals surface area contributed by atoms with Crippen LogP contribution in [-0.2, 0) is 21.8 Å². The molecule has 1 aliphatic rings. The third-order valence-electron chi connectivity index (χ3n) is 5.53. The Kier molecular flexibility index (Phi) is 10.9. The Balaban J connectivity index is 1.96. The summed E-state index contributed by atoms with van der Waals surface area (Å²) in [7, 11) is 1.45. The maximum Gasteiger partial charge on any atom is 0.338 e. The summed E-state index contributed by atoms with van der Waals surface area (Å²) in [5.74, 6) is 0.852. The van der Waals surface area contributed by atoms with Gasteiger partial charge in [-0.1, -0.05) is 17.4 Å². The zero-order chi connectivity index (χ0) is 27.7. The van der Waals surface area contributed by atoms with E-state index in [1.165, 1.54) is 24.9 Å². The van der Waals surface area contributed by atoms with Crippen LogP contribution in [0.1, 0.15) is 65.4 Å². The van der Waals surface area contributed by atoms with E-state index >= 15 is 0 Å². The second-order valence-electron chi connectivity index (χ2n) is 8.42. The smallest absolute Gasteiger partial charge is 0.338 e. The number of esters is 2. The average Bonchev–Trinajstić information content (AvgIpc) is 3.36. The highest BCUT2D eigenvalue weighted by Crippen LogP contribution is 2.37. The summed E-state index contributed by atoms with van der Waals surface area (Å²) < 4.78 is 21.8. The summed E-state index contributed by atoms with van der Waals surface area (Å²) in [6.45, 7) is 2.96. The van der Waals surface area contributed by atoms with Crippen molar-refractivity contribution in [3.8, 4) is 11.5 Å². The van der Waals surface area contributed by atoms with Crippen LogP contribution in [0.3, 0.4) is 0 Å². The van der Waals surface area contributed by atoms with Gasteiger partial charge >= 0.3 is 11.9 Å². The Morgan fingerprint density at radius 1 is 1.39 bits per heavy atom. The molecule has 1 aliphatic heterocycles. The van der Waals surface area contributed by atoms with Crippen LogP contribution in [0.4, 0.5) is 0 Å². The van der Waals surface area contributed by atoms with E-state index in [1.54, 1.807) is 13.8 Å². The van der Waals surface area contributed by atoms with Crippen LogP contribution in [-0.4, -0.2) is 64.1 Å². The number of thioether (sulfide) groups is 1. The number of aliphatic imine (C=N–C) groups is 1. The van der Waals surface area contributed by atoms with E-state index < -0.39 is 24.6 Å². The molecule has 3 rings (SSSR count). The average molecular weight is 566 g/mol. The number of amidine groups is 1. The number of carbonyl (C=O) groups excluding carboxylic acids is 2. The molecule has 0 unspecified atom stereocenters. The Labute approximate surface area is 229 Å². The number of thiocarbonyl (C=S) groups is 1. The van der Waals surface area contributed by atoms with Gasteiger partial charge in [0.2, 0.25) is 5.89 Å². The van der Waals surface area contributed by atoms with E-state index in [0.29, 0.717) is 64.4 Å². The second kappa shape index (κ2) is 14.1. The van der Waals surface area contributed by atoms with Crippen LogP contribution < -0.4 is 20.5 Å². The van der Waals surface area contributed by atoms with Crippen LogP contribution in [0.2, 0.25) is 0 Å². The number of cyclic esters (lactones) is 1. The van der Waals surface area contributed by atoms with Crippen LogP contribution in [0.25, 0.3) is 0 Å². The fourth-order valence-corrected chi connectivity index (χ4v) is 5.03. The molecule has 2 heterocycles. The number of methoxy groups -OCH3 is 1. The lowest BCUT2D eigenvalue weighted by molar-refractivity contribution is -0.137. The van der Waals surface area contributed by atoms with Crippen molar-refractivity contribution in [3.63, 3.8) is 0 Å². The predicted octanol–water partition coefficient (Wildman–Crippen LogP) is 2.39. The van der Waals surface area contributed by atoms with E-state index in [9.17, 15) is 14.7 Å². The topological polar surface area (TPSA) is 171 Å². The molecule has 1 atom stereocenters. The summed E-state index contributed by atoms with van der Waals surface area (Å²) in [5, 5.41) is 16.5. The fourth-order valence-electron chi connectivity index (χ4n) is 3.68. The number of rotatable bonds is 6. The van der Waals surface area contributed by atoms with E-state index in [-0.39, 0.29) is 30.2 Å². The largest absolute Gasteiger partial charge is 0.496 e. The number of carbonyl (C=O) groups is 2. The Hall–Kier alpha value is -3.23. The number of ether oxygens (including phenoxy) is 3. The molecule has 38 heavy (non-hydrogen) atoms. The molecule has 0 saturated heterocycles. The molecule has 0 aliphatic carbocycles. The zero-order valence-corrected chi connectivity index (χ0v) is 23.1. The Morgan fingerprint density at radius 3 is 2.89 bits per heavy atom. The van der Waals surface area contributed by atoms with E-state index in [2.05, 4.69) is 20.4 Å². The zero-order valence-electron chi connectivity index (χ0n) is 21.4. The van der Waals surface area contributed by atoms with Crippen molar-refractivity contribution < 1.29 is 33.4 Å². The molecule has 0 bridgehead atoms. The molecule has 0 fully saturated rings. The predicted molar refractivity (Wildman–Crippen MR) is 145 cm³/mol. The highest BCUT2D eigenvalue weighted by molar-refractivity contribution is 7.98. The third kappa shape index (κ3) is 7.88. The Bertz CT molecular complexity index is 1200. The minimum Gasteiger partial charge on any atom is -0.496 e. The molecule has 0 radical (unpaired) electrons. The highest BCUT2D eigenvalue weighted by Gasteiger charge is 2.27. The van der Waals surface area contributed by atoms with Gasteiger partial charge in [-0.05, 0) is 33.1 Å². The fraction of sp³-hybridized carbons (Fsp3) is 0.500. The van der Waals surface area contributed by atoms with Gasteiger partial charge in [0.25, 0.3) is 0 Å². The number of aliphatic hydroxyl groups excluding tert-OH is 1. The van der Waals surface area contributed by atoms with Crippen molar-refractivity contribution in [1.29, 1.82) is 0 Å². The molecule has 2 aromatic rings. The van der Waals surface area contributed by atoms with E-state index in [1.807, 2.05) is 0 Å². The number of nitrogens with one attached hydrogen (secondary N) is 1. The number of hydrogen-bond acceptors (Lipinski definition) is 12. The molecule has 206 valence electrons. The highest BCUT2D eigenvalue weighted by atomic mass is 32.2. The summed E-state index contributed by atoms with van der Waals surface area (Å²) in [4.78, 5) is 34.3. The van der Waals surface area contributed by atoms with Crippen molar-refractivity contribution in [1.82, 2.24) is 15.5 Å². The van der Waals surface area contributed by atoms with Crippen molar-refractivity contribution >= 4 is 46.7 Å². The number of nitrogens with two attached hydrogens (primary N) is 1. The summed E-state index contributed by atoms with van der Waals surface area (Å²) in [6, 6.07) is 1.10. The number of fused-ring (bicyclic) bond motifs is 1. The van der Waals surface area contributed by atoms with Gasteiger partial charge in [0, 0.05) is 28.7 Å². The molecule has 0 spiro atoms. The molecule has 4 N–H and O–H groups in total. The quantitative estimate of drug-likeness (QED) is 0.153. The SMILES string of the molecule is COc1cc(OC(=O)CO)c2c(c1C)C(=O)OCCCCC(=S)N[C@H](c1nc(CN=C(C)N)no1)CSC2. The molecule has 1 aromatic carbocycles. The van der Waals surface area contributed by atoms with E-state index in [0.717, 1.165) is 0 Å². The van der Waals surface area contributed by atoms with Crippen molar-refractivity contribution in [3.05, 3.63) is 34.5 Å². The van der Waals surface area contributed by atoms with Crippen LogP contribution in [0.15, 0.2) is 15.6 Å². The molecule has 0 amide bonds. The van der Waals surface area contributed by atoms with Crippen LogP contribution in [0.5, 0.6) is 11.5 Å². The van der Waals surface area contributed by atoms with Gasteiger partial charge in [0.05, 0.1) is 30.1 Å². The van der Waals surface area contributed by atoms with Gasteiger partial charge in [-0.25, -0.2) is 9.59 Å². The monoisotopic (exact) mass is 565 g/mol. The summed E-state index contributed by atoms with van der Waals surface area (Å²) >= 11 is 6.95. The van der Waals surface area contributed by atoms with Crippen LogP contribution >= 0.6 is 24.0 Å². The van der Waals surface area contributed by atoms with Crippen molar-refractivity contribution in [2.75, 3.05) is 26.1 Å². The molecule has 0 saturated carbocycles. The Morgan fingerprint density at radius 2 is 2.18 bits per heavy atom. The van der Waals surface area contributed by atoms with Gasteiger partial charge in [0.15, 0.2) is 5.82 Å².